The van der Waals surface area contributed by atoms with Crippen molar-refractivity contribution in [2.24, 2.45) is 0 Å². The molecular weight excluding hydrogens is 306 g/mol. The lowest BCUT2D eigenvalue weighted by atomic mass is 10.2. The molecule has 0 saturated carbocycles. The van der Waals surface area contributed by atoms with Crippen molar-refractivity contribution in [2.45, 2.75) is 25.8 Å². The zero-order valence-electron chi connectivity index (χ0n) is 13.3. The van der Waals surface area contributed by atoms with Gasteiger partial charge >= 0.3 is 0 Å². The maximum atomic E-state index is 12.2. The average Bonchev–Trinajstić information content (AvgIpc) is 2.86. The molecule has 22 heavy (non-hydrogen) atoms. The molecule has 1 unspecified atom stereocenters. The van der Waals surface area contributed by atoms with Gasteiger partial charge < -0.3 is 14.7 Å². The number of sulfone groups is 1. The molecule has 126 valence electrons. The second-order valence-corrected chi connectivity index (χ2v) is 8.28. The molecule has 0 spiro atoms. The van der Waals surface area contributed by atoms with E-state index in [4.69, 9.17) is 0 Å². The first-order valence-electron chi connectivity index (χ1n) is 7.78. The molecule has 2 rings (SSSR count). The van der Waals surface area contributed by atoms with Gasteiger partial charge in [-0.1, -0.05) is 6.92 Å². The van der Waals surface area contributed by atoms with E-state index in [0.717, 1.165) is 19.6 Å². The fourth-order valence-corrected chi connectivity index (χ4v) is 4.74. The molecule has 0 radical (unpaired) electrons. The van der Waals surface area contributed by atoms with Crippen LogP contribution in [0.3, 0.4) is 0 Å². The highest BCUT2D eigenvalue weighted by Crippen LogP contribution is 2.17. The third-order valence-corrected chi connectivity index (χ3v) is 6.37. The van der Waals surface area contributed by atoms with Gasteiger partial charge in [-0.05, 0) is 13.0 Å². The van der Waals surface area contributed by atoms with Crippen LogP contribution in [0, 0.1) is 0 Å². The van der Waals surface area contributed by atoms with Crippen LogP contribution in [-0.2, 0) is 19.4 Å². The van der Waals surface area contributed by atoms with Crippen LogP contribution in [0.5, 0.6) is 0 Å². The molecule has 2 heterocycles. The van der Waals surface area contributed by atoms with Crippen LogP contribution in [-0.4, -0.2) is 92.3 Å². The van der Waals surface area contributed by atoms with E-state index in [2.05, 4.69) is 11.8 Å². The summed E-state index contributed by atoms with van der Waals surface area (Å²) < 4.78 is 23.0. The summed E-state index contributed by atoms with van der Waals surface area (Å²) in [5, 5.41) is 0. The summed E-state index contributed by atoms with van der Waals surface area (Å²) in [6.45, 7) is 6.05. The van der Waals surface area contributed by atoms with Crippen LogP contribution >= 0.6 is 0 Å². The Balaban J connectivity index is 1.82. The summed E-state index contributed by atoms with van der Waals surface area (Å²) in [5.74, 6) is -0.306. The van der Waals surface area contributed by atoms with Crippen molar-refractivity contribution < 1.29 is 18.0 Å². The van der Waals surface area contributed by atoms with Gasteiger partial charge in [-0.25, -0.2) is 8.42 Å². The van der Waals surface area contributed by atoms with Crippen LogP contribution in [0.15, 0.2) is 0 Å². The zero-order chi connectivity index (χ0) is 16.3. The predicted octanol–water partition coefficient (Wildman–Crippen LogP) is -0.814. The molecule has 8 heteroatoms. The van der Waals surface area contributed by atoms with Gasteiger partial charge in [0.05, 0.1) is 11.5 Å². The van der Waals surface area contributed by atoms with E-state index < -0.39 is 9.84 Å². The number of likely N-dealkylation sites (N-methyl/N-ethyl adjacent to an activating group) is 1. The van der Waals surface area contributed by atoms with Gasteiger partial charge in [-0.2, -0.15) is 0 Å². The minimum absolute atomic E-state index is 0.0125. The van der Waals surface area contributed by atoms with E-state index >= 15 is 0 Å². The van der Waals surface area contributed by atoms with Crippen molar-refractivity contribution in [1.82, 2.24) is 14.7 Å². The maximum Gasteiger partial charge on any atom is 0.232 e. The normalized spacial score (nSPS) is 25.2. The second-order valence-electron chi connectivity index (χ2n) is 6.05. The molecule has 2 fully saturated rings. The van der Waals surface area contributed by atoms with Gasteiger partial charge in [0.15, 0.2) is 9.84 Å². The molecule has 2 aliphatic heterocycles. The number of amides is 2. The third-order valence-electron chi connectivity index (χ3n) is 4.62. The molecule has 0 aliphatic carbocycles. The average molecular weight is 331 g/mol. The Morgan fingerprint density at radius 3 is 2.32 bits per heavy atom. The minimum atomic E-state index is -3.03. The number of hydrogen-bond donors (Lipinski definition) is 0. The van der Waals surface area contributed by atoms with Gasteiger partial charge in [0, 0.05) is 39.3 Å². The van der Waals surface area contributed by atoms with E-state index in [1.807, 2.05) is 0 Å². The molecule has 0 aromatic heterocycles. The molecule has 7 nitrogen and oxygen atoms in total. The third kappa shape index (κ3) is 4.19. The van der Waals surface area contributed by atoms with Crippen LogP contribution in [0.2, 0.25) is 0 Å². The molecule has 0 bridgehead atoms. The monoisotopic (exact) mass is 331 g/mol. The van der Waals surface area contributed by atoms with Gasteiger partial charge in [-0.3, -0.25) is 9.59 Å². The summed E-state index contributed by atoms with van der Waals surface area (Å²) in [5.41, 5.74) is 0. The summed E-state index contributed by atoms with van der Waals surface area (Å²) in [7, 11) is -1.43. The molecule has 2 aliphatic rings. The van der Waals surface area contributed by atoms with Crippen molar-refractivity contribution in [3.8, 4) is 0 Å². The van der Waals surface area contributed by atoms with E-state index in [1.54, 1.807) is 11.9 Å². The van der Waals surface area contributed by atoms with Crippen molar-refractivity contribution in [1.29, 1.82) is 0 Å². The highest BCUT2D eigenvalue weighted by molar-refractivity contribution is 7.91. The Labute approximate surface area is 132 Å². The Kier molecular flexibility index (Phi) is 5.44. The van der Waals surface area contributed by atoms with Crippen LogP contribution in [0.4, 0.5) is 0 Å². The molecular formula is C14H25N3O4S. The first-order chi connectivity index (χ1) is 10.3. The summed E-state index contributed by atoms with van der Waals surface area (Å²) >= 11 is 0. The molecule has 0 aromatic rings. The largest absolute Gasteiger partial charge is 0.341 e. The number of piperazine rings is 1. The van der Waals surface area contributed by atoms with E-state index in [9.17, 15) is 18.0 Å². The van der Waals surface area contributed by atoms with Crippen molar-refractivity contribution in [2.75, 3.05) is 51.3 Å². The summed E-state index contributed by atoms with van der Waals surface area (Å²) in [6.07, 6.45) is 0.299. The highest BCUT2D eigenvalue weighted by atomic mass is 32.2. The van der Waals surface area contributed by atoms with Crippen LogP contribution < -0.4 is 0 Å². The number of hydrogen-bond acceptors (Lipinski definition) is 5. The second kappa shape index (κ2) is 6.95. The Hall–Kier alpha value is -1.15. The standard InChI is InChI=1S/C14H25N3O4S/c1-3-16-5-7-17(8-6-16)14(19)10-13(18)15(2)12-4-9-22(20,21)11-12/h12H,3-11H2,1-2H3. The molecule has 2 saturated heterocycles. The van der Waals surface area contributed by atoms with E-state index in [-0.39, 0.29) is 35.8 Å². The maximum absolute atomic E-state index is 12.2. The molecule has 0 N–H and O–H groups in total. The van der Waals surface area contributed by atoms with Gasteiger partial charge in [-0.15, -0.1) is 0 Å². The van der Waals surface area contributed by atoms with E-state index in [1.165, 1.54) is 4.90 Å². The highest BCUT2D eigenvalue weighted by Gasteiger charge is 2.33. The van der Waals surface area contributed by atoms with Crippen molar-refractivity contribution in [3.63, 3.8) is 0 Å². The Bertz CT molecular complexity index is 526. The SMILES string of the molecule is CCN1CCN(C(=O)CC(=O)N(C)C2CCS(=O)(=O)C2)CC1. The summed E-state index contributed by atoms with van der Waals surface area (Å²) in [6, 6.07) is -0.290. The molecule has 1 atom stereocenters. The van der Waals surface area contributed by atoms with Gasteiger partial charge in [0.1, 0.15) is 6.42 Å². The predicted molar refractivity (Wildman–Crippen MR) is 83.1 cm³/mol. The number of rotatable bonds is 4. The smallest absolute Gasteiger partial charge is 0.232 e. The number of carbonyl (C=O) groups is 2. The first kappa shape index (κ1) is 17.2. The lowest BCUT2D eigenvalue weighted by molar-refractivity contribution is -0.141. The summed E-state index contributed by atoms with van der Waals surface area (Å²) in [4.78, 5) is 29.8. The van der Waals surface area contributed by atoms with Crippen LogP contribution in [0.25, 0.3) is 0 Å². The van der Waals surface area contributed by atoms with Crippen molar-refractivity contribution in [3.05, 3.63) is 0 Å². The molecule has 0 aromatic carbocycles. The fourth-order valence-electron chi connectivity index (χ4n) is 2.96. The van der Waals surface area contributed by atoms with Gasteiger partial charge in [0.25, 0.3) is 0 Å². The minimum Gasteiger partial charge on any atom is -0.341 e. The fraction of sp³-hybridized carbons (Fsp3) is 0.857. The van der Waals surface area contributed by atoms with Crippen molar-refractivity contribution >= 4 is 21.7 Å². The quantitative estimate of drug-likeness (QED) is 0.630. The Morgan fingerprint density at radius 2 is 1.82 bits per heavy atom. The zero-order valence-corrected chi connectivity index (χ0v) is 14.1. The topological polar surface area (TPSA) is 78.0 Å². The molecule has 2 amide bonds. The number of carbonyl (C=O) groups excluding carboxylic acids is 2. The lowest BCUT2D eigenvalue weighted by Crippen LogP contribution is -2.49. The Morgan fingerprint density at radius 1 is 1.18 bits per heavy atom. The first-order valence-corrected chi connectivity index (χ1v) is 9.60. The van der Waals surface area contributed by atoms with Crippen LogP contribution in [0.1, 0.15) is 19.8 Å². The lowest BCUT2D eigenvalue weighted by Gasteiger charge is -2.34. The number of nitrogens with zero attached hydrogens (tertiary/aromatic N) is 3. The van der Waals surface area contributed by atoms with Gasteiger partial charge in [0.2, 0.25) is 11.8 Å². The van der Waals surface area contributed by atoms with E-state index in [0.29, 0.717) is 19.5 Å².